The van der Waals surface area contributed by atoms with Gasteiger partial charge in [-0.05, 0) is 20.5 Å². The maximum Gasteiger partial charge on any atom is 0.244 e. The summed E-state index contributed by atoms with van der Waals surface area (Å²) in [6, 6.07) is 0. The minimum absolute atomic E-state index is 0.0835. The van der Waals surface area contributed by atoms with Crippen LogP contribution in [0.2, 0.25) is 0 Å². The molecule has 0 aromatic heterocycles. The Labute approximate surface area is 84.6 Å². The lowest BCUT2D eigenvalue weighted by Gasteiger charge is -2.15. The van der Waals surface area contributed by atoms with E-state index in [1.807, 2.05) is 12.3 Å². The molecule has 1 atom stereocenters. The van der Waals surface area contributed by atoms with E-state index >= 15 is 0 Å². The molecule has 82 valence electrons. The van der Waals surface area contributed by atoms with Gasteiger partial charge in [-0.3, -0.25) is 15.0 Å². The standard InChI is InChI=1S/C9H19N3O2/c1-4-5-7(9(14)11-10)8(13)6-12(2)3/h7H,4-6,10H2,1-3H3,(H,11,14). The fraction of sp³-hybridized carbons (Fsp3) is 0.778. The Morgan fingerprint density at radius 3 is 2.36 bits per heavy atom. The van der Waals surface area contributed by atoms with Crippen LogP contribution < -0.4 is 11.3 Å². The second kappa shape index (κ2) is 6.50. The van der Waals surface area contributed by atoms with Gasteiger partial charge >= 0.3 is 0 Å². The molecular formula is C9H19N3O2. The Morgan fingerprint density at radius 2 is 2.00 bits per heavy atom. The third-order valence-electron chi connectivity index (χ3n) is 1.90. The largest absolute Gasteiger partial charge is 0.302 e. The van der Waals surface area contributed by atoms with E-state index in [9.17, 15) is 9.59 Å². The van der Waals surface area contributed by atoms with E-state index in [1.165, 1.54) is 0 Å². The minimum atomic E-state index is -0.604. The van der Waals surface area contributed by atoms with Gasteiger partial charge in [0.25, 0.3) is 0 Å². The van der Waals surface area contributed by atoms with Crippen molar-refractivity contribution in [1.82, 2.24) is 10.3 Å². The normalized spacial score (nSPS) is 12.6. The summed E-state index contributed by atoms with van der Waals surface area (Å²) in [5, 5.41) is 0. The Kier molecular flexibility index (Phi) is 6.07. The van der Waals surface area contributed by atoms with Crippen molar-refractivity contribution >= 4 is 11.7 Å². The predicted octanol–water partition coefficient (Wildman–Crippen LogP) is -0.477. The van der Waals surface area contributed by atoms with Crippen molar-refractivity contribution in [2.24, 2.45) is 11.8 Å². The van der Waals surface area contributed by atoms with Crippen molar-refractivity contribution in [2.75, 3.05) is 20.6 Å². The number of nitrogens with one attached hydrogen (secondary N) is 1. The fourth-order valence-corrected chi connectivity index (χ4v) is 1.25. The average molecular weight is 201 g/mol. The van der Waals surface area contributed by atoms with Gasteiger partial charge in [0.15, 0.2) is 5.78 Å². The van der Waals surface area contributed by atoms with Crippen molar-refractivity contribution in [2.45, 2.75) is 19.8 Å². The quantitative estimate of drug-likeness (QED) is 0.263. The van der Waals surface area contributed by atoms with E-state index in [2.05, 4.69) is 0 Å². The van der Waals surface area contributed by atoms with Crippen LogP contribution in [-0.2, 0) is 9.59 Å². The molecule has 0 fully saturated rings. The first-order valence-electron chi connectivity index (χ1n) is 4.70. The summed E-state index contributed by atoms with van der Waals surface area (Å²) < 4.78 is 0. The molecule has 0 heterocycles. The zero-order valence-corrected chi connectivity index (χ0v) is 9.04. The first kappa shape index (κ1) is 13.1. The lowest BCUT2D eigenvalue weighted by atomic mass is 9.97. The zero-order chi connectivity index (χ0) is 11.1. The van der Waals surface area contributed by atoms with E-state index < -0.39 is 11.8 Å². The SMILES string of the molecule is CCCC(C(=O)CN(C)C)C(=O)NN. The van der Waals surface area contributed by atoms with Crippen LogP contribution in [-0.4, -0.2) is 37.2 Å². The summed E-state index contributed by atoms with van der Waals surface area (Å²) in [5.41, 5.74) is 2.03. The third kappa shape index (κ3) is 4.34. The molecule has 0 saturated heterocycles. The number of carbonyl (C=O) groups excluding carboxylic acids is 2. The number of hydrogen-bond donors (Lipinski definition) is 2. The monoisotopic (exact) mass is 201 g/mol. The predicted molar refractivity (Wildman–Crippen MR) is 54.3 cm³/mol. The summed E-state index contributed by atoms with van der Waals surface area (Å²) in [4.78, 5) is 24.6. The van der Waals surface area contributed by atoms with Crippen LogP contribution in [0.5, 0.6) is 0 Å². The number of hydrazine groups is 1. The zero-order valence-electron chi connectivity index (χ0n) is 9.04. The molecule has 0 aliphatic carbocycles. The van der Waals surface area contributed by atoms with Gasteiger partial charge in [0.05, 0.1) is 12.5 Å². The molecule has 14 heavy (non-hydrogen) atoms. The van der Waals surface area contributed by atoms with Crippen LogP contribution in [0.3, 0.4) is 0 Å². The average Bonchev–Trinajstić information content (AvgIpc) is 2.11. The van der Waals surface area contributed by atoms with Crippen LogP contribution in [0, 0.1) is 5.92 Å². The molecule has 1 amide bonds. The number of rotatable bonds is 6. The summed E-state index contributed by atoms with van der Waals surface area (Å²) in [5.74, 6) is 3.93. The summed E-state index contributed by atoms with van der Waals surface area (Å²) in [6.07, 6.45) is 1.34. The smallest absolute Gasteiger partial charge is 0.244 e. The van der Waals surface area contributed by atoms with Gasteiger partial charge in [0.1, 0.15) is 0 Å². The molecule has 5 nitrogen and oxygen atoms in total. The van der Waals surface area contributed by atoms with Gasteiger partial charge in [0, 0.05) is 0 Å². The van der Waals surface area contributed by atoms with Crippen LogP contribution >= 0.6 is 0 Å². The van der Waals surface area contributed by atoms with Gasteiger partial charge in [-0.1, -0.05) is 13.3 Å². The Bertz CT molecular complexity index is 204. The Balaban J connectivity index is 4.32. The number of carbonyl (C=O) groups is 2. The molecule has 3 N–H and O–H groups in total. The number of ketones is 1. The molecule has 0 aliphatic heterocycles. The highest BCUT2D eigenvalue weighted by Gasteiger charge is 2.24. The number of Topliss-reactive ketones (excluding diaryl/α,β-unsaturated/α-hetero) is 1. The van der Waals surface area contributed by atoms with E-state index in [0.29, 0.717) is 6.42 Å². The van der Waals surface area contributed by atoms with Gasteiger partial charge in [-0.15, -0.1) is 0 Å². The summed E-state index contributed by atoms with van der Waals surface area (Å²) >= 11 is 0. The van der Waals surface area contributed by atoms with E-state index in [1.54, 1.807) is 19.0 Å². The minimum Gasteiger partial charge on any atom is -0.302 e. The van der Waals surface area contributed by atoms with Crippen LogP contribution in [0.1, 0.15) is 19.8 Å². The number of hydrogen-bond acceptors (Lipinski definition) is 4. The Morgan fingerprint density at radius 1 is 1.43 bits per heavy atom. The maximum atomic E-state index is 11.6. The highest BCUT2D eigenvalue weighted by molar-refractivity contribution is 6.01. The van der Waals surface area contributed by atoms with E-state index in [0.717, 1.165) is 6.42 Å². The highest BCUT2D eigenvalue weighted by atomic mass is 16.2. The van der Waals surface area contributed by atoms with Crippen molar-refractivity contribution in [3.8, 4) is 0 Å². The van der Waals surface area contributed by atoms with Crippen LogP contribution in [0.4, 0.5) is 0 Å². The van der Waals surface area contributed by atoms with Crippen LogP contribution in [0.25, 0.3) is 0 Å². The lowest BCUT2D eigenvalue weighted by molar-refractivity contribution is -0.134. The molecule has 1 unspecified atom stereocenters. The van der Waals surface area contributed by atoms with Crippen LogP contribution in [0.15, 0.2) is 0 Å². The molecule has 0 spiro atoms. The molecule has 0 radical (unpaired) electrons. The molecule has 0 saturated carbocycles. The molecule has 0 rings (SSSR count). The second-order valence-corrected chi connectivity index (χ2v) is 3.55. The molecule has 0 aromatic carbocycles. The summed E-state index contributed by atoms with van der Waals surface area (Å²) in [6.45, 7) is 2.21. The fourth-order valence-electron chi connectivity index (χ4n) is 1.25. The van der Waals surface area contributed by atoms with Gasteiger partial charge < -0.3 is 4.90 Å². The second-order valence-electron chi connectivity index (χ2n) is 3.55. The van der Waals surface area contributed by atoms with Gasteiger partial charge in [0.2, 0.25) is 5.91 Å². The molecule has 0 aromatic rings. The highest BCUT2D eigenvalue weighted by Crippen LogP contribution is 2.08. The molecular weight excluding hydrogens is 182 g/mol. The number of amides is 1. The van der Waals surface area contributed by atoms with Gasteiger partial charge in [-0.25, -0.2) is 5.84 Å². The summed E-state index contributed by atoms with van der Waals surface area (Å²) in [7, 11) is 3.59. The number of nitrogens with zero attached hydrogens (tertiary/aromatic N) is 1. The van der Waals surface area contributed by atoms with E-state index in [4.69, 9.17) is 5.84 Å². The molecule has 5 heteroatoms. The molecule has 0 aliphatic rings. The van der Waals surface area contributed by atoms with Crippen molar-refractivity contribution in [1.29, 1.82) is 0 Å². The molecule has 0 bridgehead atoms. The van der Waals surface area contributed by atoms with E-state index in [-0.39, 0.29) is 12.3 Å². The first-order chi connectivity index (χ1) is 6.52. The maximum absolute atomic E-state index is 11.6. The van der Waals surface area contributed by atoms with Crippen molar-refractivity contribution in [3.05, 3.63) is 0 Å². The lowest BCUT2D eigenvalue weighted by Crippen LogP contribution is -2.42. The third-order valence-corrected chi connectivity index (χ3v) is 1.90. The van der Waals surface area contributed by atoms with Crippen molar-refractivity contribution in [3.63, 3.8) is 0 Å². The topological polar surface area (TPSA) is 75.4 Å². The van der Waals surface area contributed by atoms with Crippen molar-refractivity contribution < 1.29 is 9.59 Å². The van der Waals surface area contributed by atoms with Gasteiger partial charge in [-0.2, -0.15) is 0 Å². The number of nitrogens with two attached hydrogens (primary N) is 1. The number of likely N-dealkylation sites (N-methyl/N-ethyl adjacent to an activating group) is 1. The Hall–Kier alpha value is -0.940. The first-order valence-corrected chi connectivity index (χ1v) is 4.70.